The largest absolute Gasteiger partial charge is 0.443 e. The van der Waals surface area contributed by atoms with Crippen molar-refractivity contribution in [2.24, 2.45) is 5.92 Å². The number of nitrogens with one attached hydrogen (secondary N) is 2. The Balaban J connectivity index is 1.59. The Hall–Kier alpha value is -2.59. The third-order valence-electron chi connectivity index (χ3n) is 5.67. The van der Waals surface area contributed by atoms with E-state index in [9.17, 15) is 23.2 Å². The topological polar surface area (TPSA) is 87.7 Å². The molecule has 3 aliphatic rings. The number of Topliss-reactive ketones (excluding diaryl/α,β-unsaturated/α-hetero) is 1. The number of ketones is 1. The first-order chi connectivity index (χ1) is 16.3. The Bertz CT molecular complexity index is 1110. The second-order valence-electron chi connectivity index (χ2n) is 9.81. The Morgan fingerprint density at radius 1 is 1.23 bits per heavy atom. The van der Waals surface area contributed by atoms with Crippen LogP contribution in [-0.4, -0.2) is 46.2 Å². The summed E-state index contributed by atoms with van der Waals surface area (Å²) < 4.78 is 31.9. The van der Waals surface area contributed by atoms with E-state index in [2.05, 4.69) is 10.7 Å². The average Bonchev–Trinajstić information content (AvgIpc) is 3.12. The monoisotopic (exact) mass is 525 g/mol. The molecule has 4 rings (SSSR count). The normalized spacial score (nSPS) is 21.8. The highest BCUT2D eigenvalue weighted by Crippen LogP contribution is 2.43. The third kappa shape index (κ3) is 5.98. The minimum atomic E-state index is -2.77. The summed E-state index contributed by atoms with van der Waals surface area (Å²) >= 11 is 7.18. The van der Waals surface area contributed by atoms with Crippen LogP contribution in [0, 0.1) is 5.92 Å². The van der Waals surface area contributed by atoms with Gasteiger partial charge in [-0.05, 0) is 44.9 Å². The zero-order chi connectivity index (χ0) is 25.5. The second-order valence-corrected chi connectivity index (χ2v) is 11.2. The number of hydrogen-bond donors (Lipinski definition) is 2. The molecule has 0 saturated heterocycles. The van der Waals surface area contributed by atoms with E-state index in [0.29, 0.717) is 16.3 Å². The van der Waals surface area contributed by atoms with Crippen molar-refractivity contribution in [1.29, 1.82) is 0 Å². The fourth-order valence-corrected chi connectivity index (χ4v) is 5.34. The summed E-state index contributed by atoms with van der Waals surface area (Å²) in [4.78, 5) is 39.4. The van der Waals surface area contributed by atoms with E-state index in [1.165, 1.54) is 16.8 Å². The van der Waals surface area contributed by atoms with Gasteiger partial charge in [0, 0.05) is 29.8 Å². The summed E-state index contributed by atoms with van der Waals surface area (Å²) in [6.07, 6.45) is 0.336. The number of allylic oxidation sites excluding steroid dienone is 2. The van der Waals surface area contributed by atoms with Crippen LogP contribution in [0.2, 0.25) is 5.02 Å². The highest BCUT2D eigenvalue weighted by atomic mass is 35.5. The minimum Gasteiger partial charge on any atom is -0.443 e. The molecule has 0 spiro atoms. The molecule has 1 unspecified atom stereocenters. The molecule has 1 aromatic carbocycles. The van der Waals surface area contributed by atoms with E-state index < -0.39 is 48.3 Å². The van der Waals surface area contributed by atoms with Crippen LogP contribution >= 0.6 is 23.4 Å². The number of hydrogen-bond acceptors (Lipinski definition) is 6. The van der Waals surface area contributed by atoms with Gasteiger partial charge in [-0.25, -0.2) is 19.0 Å². The van der Waals surface area contributed by atoms with Crippen LogP contribution in [0.25, 0.3) is 0 Å². The quantitative estimate of drug-likeness (QED) is 0.585. The van der Waals surface area contributed by atoms with E-state index in [0.717, 1.165) is 5.56 Å². The lowest BCUT2D eigenvalue weighted by Gasteiger charge is -2.35. The maximum Gasteiger partial charge on any atom is 0.426 e. The number of benzene rings is 1. The Morgan fingerprint density at radius 3 is 2.49 bits per heavy atom. The van der Waals surface area contributed by atoms with Crippen molar-refractivity contribution in [2.45, 2.75) is 57.6 Å². The van der Waals surface area contributed by atoms with Crippen LogP contribution in [0.4, 0.5) is 13.6 Å². The van der Waals surface area contributed by atoms with Gasteiger partial charge in [0.25, 0.3) is 11.8 Å². The first kappa shape index (κ1) is 25.5. The Kier molecular flexibility index (Phi) is 6.89. The van der Waals surface area contributed by atoms with Crippen molar-refractivity contribution in [2.75, 3.05) is 5.88 Å². The molecular formula is C24H26ClF2N3O4S. The molecule has 1 aromatic rings. The number of ether oxygens (including phenoxy) is 1. The fraction of sp³-hybridized carbons (Fsp3) is 0.458. The van der Waals surface area contributed by atoms with E-state index in [1.54, 1.807) is 51.1 Å². The number of carbonyl (C=O) groups is 3. The molecule has 188 valence electrons. The highest BCUT2D eigenvalue weighted by molar-refractivity contribution is 8.03. The lowest BCUT2D eigenvalue weighted by atomic mass is 9.85. The molecule has 1 fully saturated rings. The number of halogens is 3. The predicted molar refractivity (Wildman–Crippen MR) is 129 cm³/mol. The number of alkyl halides is 2. The molecule has 0 radical (unpaired) electrons. The zero-order valence-corrected chi connectivity index (χ0v) is 21.1. The predicted octanol–water partition coefficient (Wildman–Crippen LogP) is 4.58. The second kappa shape index (κ2) is 9.46. The number of nitrogens with zero attached hydrogens (tertiary/aromatic N) is 1. The van der Waals surface area contributed by atoms with Crippen LogP contribution in [0.1, 0.15) is 39.2 Å². The van der Waals surface area contributed by atoms with Crippen molar-refractivity contribution in [3.8, 4) is 0 Å². The van der Waals surface area contributed by atoms with E-state index >= 15 is 0 Å². The molecular weight excluding hydrogens is 500 g/mol. The van der Waals surface area contributed by atoms with Crippen molar-refractivity contribution in [3.63, 3.8) is 0 Å². The summed E-state index contributed by atoms with van der Waals surface area (Å²) in [5.74, 6) is -4.05. The molecule has 2 amide bonds. The van der Waals surface area contributed by atoms with Gasteiger partial charge in [0.1, 0.15) is 11.3 Å². The molecule has 35 heavy (non-hydrogen) atoms. The van der Waals surface area contributed by atoms with Gasteiger partial charge in [0.05, 0.1) is 16.4 Å². The molecule has 1 saturated carbocycles. The zero-order valence-electron chi connectivity index (χ0n) is 19.5. The summed E-state index contributed by atoms with van der Waals surface area (Å²) in [5, 5.41) is 4.59. The van der Waals surface area contributed by atoms with Crippen LogP contribution in [-0.2, 0) is 20.7 Å². The molecule has 2 aliphatic carbocycles. The van der Waals surface area contributed by atoms with Crippen molar-refractivity contribution < 1.29 is 27.9 Å². The standard InChI is InChI=1S/C24H26ClF2N3O4S/c1-23(2,3)34-22(33)29-30-12-35-20-17(21(32)28-16-10-24(26,27)11-16)9-14(19(31)18(20)30)8-13-4-6-15(25)7-5-13/h4-7,9,14,16H,8,10-12H2,1-3H3,(H,28,32)(H,29,33). The van der Waals surface area contributed by atoms with Crippen LogP contribution in [0.5, 0.6) is 0 Å². The molecule has 0 aromatic heterocycles. The number of amides is 2. The molecule has 1 aliphatic heterocycles. The summed E-state index contributed by atoms with van der Waals surface area (Å²) in [6, 6.07) is 6.39. The van der Waals surface area contributed by atoms with E-state index in [1.807, 2.05) is 0 Å². The fourth-order valence-electron chi connectivity index (χ4n) is 4.09. The first-order valence-corrected chi connectivity index (χ1v) is 12.5. The number of carbonyl (C=O) groups excluding carboxylic acids is 3. The van der Waals surface area contributed by atoms with Gasteiger partial charge < -0.3 is 10.1 Å². The van der Waals surface area contributed by atoms with Gasteiger partial charge in [0.15, 0.2) is 5.78 Å². The van der Waals surface area contributed by atoms with Gasteiger partial charge in [-0.1, -0.05) is 41.6 Å². The average molecular weight is 526 g/mol. The Morgan fingerprint density at radius 2 is 1.89 bits per heavy atom. The third-order valence-corrected chi connectivity index (χ3v) is 7.01. The number of hydrazine groups is 1. The first-order valence-electron chi connectivity index (χ1n) is 11.1. The molecule has 2 N–H and O–H groups in total. The number of rotatable bonds is 5. The molecule has 7 nitrogen and oxygen atoms in total. The maximum atomic E-state index is 13.5. The van der Waals surface area contributed by atoms with Gasteiger partial charge in [-0.3, -0.25) is 14.6 Å². The van der Waals surface area contributed by atoms with Crippen LogP contribution in [0.15, 0.2) is 46.5 Å². The molecule has 0 bridgehead atoms. The van der Waals surface area contributed by atoms with Gasteiger partial charge in [-0.15, -0.1) is 0 Å². The smallest absolute Gasteiger partial charge is 0.426 e. The summed E-state index contributed by atoms with van der Waals surface area (Å²) in [5.41, 5.74) is 3.12. The van der Waals surface area contributed by atoms with Gasteiger partial charge in [0.2, 0.25) is 0 Å². The number of thioether (sulfide) groups is 1. The van der Waals surface area contributed by atoms with Crippen LogP contribution in [0.3, 0.4) is 0 Å². The lowest BCUT2D eigenvalue weighted by molar-refractivity contribution is -0.125. The van der Waals surface area contributed by atoms with Gasteiger partial charge >= 0.3 is 6.09 Å². The minimum absolute atomic E-state index is 0.186. The summed E-state index contributed by atoms with van der Waals surface area (Å²) in [7, 11) is 0. The summed E-state index contributed by atoms with van der Waals surface area (Å²) in [6.45, 7) is 5.16. The lowest BCUT2D eigenvalue weighted by Crippen LogP contribution is -2.51. The SMILES string of the molecule is CC(C)(C)OC(=O)NN1CSC2=C1C(=O)C(Cc1ccc(Cl)cc1)C=C2C(=O)NC1CC(F)(F)C1. The highest BCUT2D eigenvalue weighted by Gasteiger charge is 2.47. The molecule has 1 heterocycles. The molecule has 1 atom stereocenters. The van der Waals surface area contributed by atoms with E-state index in [-0.39, 0.29) is 22.9 Å². The van der Waals surface area contributed by atoms with Crippen molar-refractivity contribution in [1.82, 2.24) is 15.8 Å². The van der Waals surface area contributed by atoms with E-state index in [4.69, 9.17) is 16.3 Å². The Labute approximate surface area is 211 Å². The van der Waals surface area contributed by atoms with Crippen molar-refractivity contribution in [3.05, 3.63) is 57.1 Å². The van der Waals surface area contributed by atoms with Crippen LogP contribution < -0.4 is 10.7 Å². The molecule has 11 heteroatoms. The van der Waals surface area contributed by atoms with Gasteiger partial charge in [-0.2, -0.15) is 0 Å². The van der Waals surface area contributed by atoms with Crippen molar-refractivity contribution >= 4 is 41.1 Å². The maximum absolute atomic E-state index is 13.5.